The van der Waals surface area contributed by atoms with Crippen LogP contribution in [-0.4, -0.2) is 5.11 Å². The van der Waals surface area contributed by atoms with E-state index in [4.69, 9.17) is 5.73 Å². The summed E-state index contributed by atoms with van der Waals surface area (Å²) in [6.45, 7) is 2.25. The molecule has 0 saturated carbocycles. The van der Waals surface area contributed by atoms with Crippen molar-refractivity contribution < 1.29 is 5.11 Å². The molecule has 3 N–H and O–H groups in total. The Morgan fingerprint density at radius 1 is 1.00 bits per heavy atom. The Morgan fingerprint density at radius 3 is 2.29 bits per heavy atom. The van der Waals surface area contributed by atoms with Crippen LogP contribution in [0.1, 0.15) is 57.4 Å². The molecule has 0 atom stereocenters. The average Bonchev–Trinajstić information content (AvgIpc) is 2.32. The SMILES string of the molecule is CCCCCCCCCc1ccc(O)c(N)c1. The molecule has 1 rings (SSSR count). The maximum atomic E-state index is 9.31. The summed E-state index contributed by atoms with van der Waals surface area (Å²) in [6.07, 6.45) is 10.3. The van der Waals surface area contributed by atoms with Gasteiger partial charge >= 0.3 is 0 Å². The first kappa shape index (κ1) is 13.9. The number of unbranched alkanes of at least 4 members (excludes halogenated alkanes) is 6. The van der Waals surface area contributed by atoms with Crippen molar-refractivity contribution in [2.24, 2.45) is 0 Å². The topological polar surface area (TPSA) is 46.2 Å². The maximum absolute atomic E-state index is 9.31. The van der Waals surface area contributed by atoms with Crippen LogP contribution in [0.4, 0.5) is 5.69 Å². The quantitative estimate of drug-likeness (QED) is 0.401. The number of aryl methyl sites for hydroxylation is 1. The van der Waals surface area contributed by atoms with Crippen LogP contribution in [0, 0.1) is 0 Å². The van der Waals surface area contributed by atoms with Gasteiger partial charge in [0.25, 0.3) is 0 Å². The predicted octanol–water partition coefficient (Wildman–Crippen LogP) is 4.27. The fourth-order valence-corrected chi connectivity index (χ4v) is 2.05. The number of anilines is 1. The van der Waals surface area contributed by atoms with Crippen LogP contribution in [0.15, 0.2) is 18.2 Å². The molecule has 0 aliphatic heterocycles. The van der Waals surface area contributed by atoms with Crippen molar-refractivity contribution in [2.45, 2.75) is 58.3 Å². The molecule has 0 heterocycles. The van der Waals surface area contributed by atoms with Gasteiger partial charge in [-0.2, -0.15) is 0 Å². The first-order chi connectivity index (χ1) is 8.24. The number of nitrogens with two attached hydrogens (primary N) is 1. The number of nitrogen functional groups attached to an aromatic ring is 1. The van der Waals surface area contributed by atoms with Crippen molar-refractivity contribution in [3.8, 4) is 5.75 Å². The highest BCUT2D eigenvalue weighted by atomic mass is 16.3. The second-order valence-electron chi connectivity index (χ2n) is 4.76. The van der Waals surface area contributed by atoms with Crippen molar-refractivity contribution in [3.05, 3.63) is 23.8 Å². The Bertz CT molecular complexity index is 323. The van der Waals surface area contributed by atoms with Crippen molar-refractivity contribution in [2.75, 3.05) is 5.73 Å². The second kappa shape index (κ2) is 7.99. The fourth-order valence-electron chi connectivity index (χ4n) is 2.05. The molecule has 0 aromatic heterocycles. The number of aromatic hydroxyl groups is 1. The van der Waals surface area contributed by atoms with Gasteiger partial charge in [0.05, 0.1) is 5.69 Å². The molecule has 0 saturated heterocycles. The summed E-state index contributed by atoms with van der Waals surface area (Å²) >= 11 is 0. The van der Waals surface area contributed by atoms with Gasteiger partial charge in [0.2, 0.25) is 0 Å². The molecule has 1 aromatic carbocycles. The molecule has 0 fully saturated rings. The summed E-state index contributed by atoms with van der Waals surface area (Å²) in [5.74, 6) is 0.188. The van der Waals surface area contributed by atoms with Gasteiger partial charge in [0.15, 0.2) is 0 Å². The van der Waals surface area contributed by atoms with Gasteiger partial charge in [-0.1, -0.05) is 51.5 Å². The molecule has 0 radical (unpaired) electrons. The average molecular weight is 235 g/mol. The third-order valence-corrected chi connectivity index (χ3v) is 3.16. The number of phenolic OH excluding ortho intramolecular Hbond substituents is 1. The molecule has 2 heteroatoms. The Labute approximate surface area is 105 Å². The summed E-state index contributed by atoms with van der Waals surface area (Å²) in [5, 5.41) is 9.31. The highest BCUT2D eigenvalue weighted by Crippen LogP contribution is 2.21. The molecule has 17 heavy (non-hydrogen) atoms. The van der Waals surface area contributed by atoms with E-state index in [1.54, 1.807) is 6.07 Å². The van der Waals surface area contributed by atoms with Crippen LogP contribution in [0.5, 0.6) is 5.75 Å². The smallest absolute Gasteiger partial charge is 0.138 e. The molecular weight excluding hydrogens is 210 g/mol. The lowest BCUT2D eigenvalue weighted by Crippen LogP contribution is -1.90. The minimum Gasteiger partial charge on any atom is -0.506 e. The lowest BCUT2D eigenvalue weighted by Gasteiger charge is -2.04. The summed E-state index contributed by atoms with van der Waals surface area (Å²) in [4.78, 5) is 0. The Hall–Kier alpha value is -1.18. The number of rotatable bonds is 8. The highest BCUT2D eigenvalue weighted by Gasteiger charge is 1.99. The molecule has 0 aliphatic rings. The minimum atomic E-state index is 0.188. The van der Waals surface area contributed by atoms with E-state index in [0.717, 1.165) is 6.42 Å². The molecule has 0 unspecified atom stereocenters. The zero-order valence-corrected chi connectivity index (χ0v) is 10.9. The fraction of sp³-hybridized carbons (Fsp3) is 0.600. The Morgan fingerprint density at radius 2 is 1.65 bits per heavy atom. The monoisotopic (exact) mass is 235 g/mol. The van der Waals surface area contributed by atoms with Gasteiger partial charge in [-0.15, -0.1) is 0 Å². The number of hydrogen-bond donors (Lipinski definition) is 2. The van der Waals surface area contributed by atoms with E-state index >= 15 is 0 Å². The van der Waals surface area contributed by atoms with E-state index < -0.39 is 0 Å². The van der Waals surface area contributed by atoms with E-state index in [-0.39, 0.29) is 5.75 Å². The molecule has 0 spiro atoms. The van der Waals surface area contributed by atoms with Crippen molar-refractivity contribution in [1.82, 2.24) is 0 Å². The molecule has 1 aromatic rings. The molecular formula is C15H25NO. The number of hydrogen-bond acceptors (Lipinski definition) is 2. The molecule has 96 valence electrons. The molecule has 0 bridgehead atoms. The zero-order chi connectivity index (χ0) is 12.5. The van der Waals surface area contributed by atoms with Gasteiger partial charge in [-0.25, -0.2) is 0 Å². The van der Waals surface area contributed by atoms with E-state index in [1.165, 1.54) is 50.5 Å². The zero-order valence-electron chi connectivity index (χ0n) is 10.9. The largest absolute Gasteiger partial charge is 0.506 e. The first-order valence-electron chi connectivity index (χ1n) is 6.81. The van der Waals surface area contributed by atoms with Gasteiger partial charge < -0.3 is 10.8 Å². The number of benzene rings is 1. The van der Waals surface area contributed by atoms with Gasteiger partial charge in [-0.3, -0.25) is 0 Å². The van der Waals surface area contributed by atoms with Crippen LogP contribution in [0.2, 0.25) is 0 Å². The van der Waals surface area contributed by atoms with Crippen molar-refractivity contribution >= 4 is 5.69 Å². The summed E-state index contributed by atoms with van der Waals surface area (Å²) in [6, 6.07) is 5.53. The van der Waals surface area contributed by atoms with Crippen LogP contribution in [-0.2, 0) is 6.42 Å². The molecule has 0 aliphatic carbocycles. The van der Waals surface area contributed by atoms with E-state index in [1.807, 2.05) is 12.1 Å². The van der Waals surface area contributed by atoms with Crippen LogP contribution in [0.25, 0.3) is 0 Å². The van der Waals surface area contributed by atoms with Crippen LogP contribution >= 0.6 is 0 Å². The lowest BCUT2D eigenvalue weighted by atomic mass is 10.0. The maximum Gasteiger partial charge on any atom is 0.138 e. The second-order valence-corrected chi connectivity index (χ2v) is 4.76. The number of phenols is 1. The standard InChI is InChI=1S/C15H25NO/c1-2-3-4-5-6-7-8-9-13-10-11-15(17)14(16)12-13/h10-12,17H,2-9,16H2,1H3. The summed E-state index contributed by atoms with van der Waals surface area (Å²) in [5.41, 5.74) is 7.38. The van der Waals surface area contributed by atoms with Crippen molar-refractivity contribution in [3.63, 3.8) is 0 Å². The summed E-state index contributed by atoms with van der Waals surface area (Å²) < 4.78 is 0. The van der Waals surface area contributed by atoms with Gasteiger partial charge in [0, 0.05) is 0 Å². The van der Waals surface area contributed by atoms with E-state index in [2.05, 4.69) is 6.92 Å². The van der Waals surface area contributed by atoms with E-state index in [0.29, 0.717) is 5.69 Å². The summed E-state index contributed by atoms with van der Waals surface area (Å²) in [7, 11) is 0. The molecule has 0 amide bonds. The lowest BCUT2D eigenvalue weighted by molar-refractivity contribution is 0.477. The van der Waals surface area contributed by atoms with Crippen LogP contribution < -0.4 is 5.73 Å². The third kappa shape index (κ3) is 5.62. The van der Waals surface area contributed by atoms with Crippen molar-refractivity contribution in [1.29, 1.82) is 0 Å². The highest BCUT2D eigenvalue weighted by molar-refractivity contribution is 5.53. The minimum absolute atomic E-state index is 0.188. The van der Waals surface area contributed by atoms with Gasteiger partial charge in [0.1, 0.15) is 5.75 Å². The normalized spacial score (nSPS) is 10.6. The van der Waals surface area contributed by atoms with E-state index in [9.17, 15) is 5.11 Å². The third-order valence-electron chi connectivity index (χ3n) is 3.16. The Kier molecular flexibility index (Phi) is 6.53. The first-order valence-corrected chi connectivity index (χ1v) is 6.81. The molecule has 2 nitrogen and oxygen atoms in total. The van der Waals surface area contributed by atoms with Gasteiger partial charge in [-0.05, 0) is 30.5 Å². The van der Waals surface area contributed by atoms with Crippen LogP contribution in [0.3, 0.4) is 0 Å². The predicted molar refractivity (Wildman–Crippen MR) is 74.2 cm³/mol. The Balaban J connectivity index is 2.11.